The van der Waals surface area contributed by atoms with Gasteiger partial charge in [0.1, 0.15) is 16.7 Å². The molecule has 0 unspecified atom stereocenters. The molecule has 0 atom stereocenters. The van der Waals surface area contributed by atoms with E-state index in [0.717, 1.165) is 16.7 Å². The second-order valence-electron chi connectivity index (χ2n) is 6.29. The Morgan fingerprint density at radius 2 is 1.76 bits per heavy atom. The molecule has 0 saturated carbocycles. The van der Waals surface area contributed by atoms with Crippen molar-refractivity contribution in [2.75, 3.05) is 12.4 Å². The zero-order valence-corrected chi connectivity index (χ0v) is 14.4. The lowest BCUT2D eigenvalue weighted by atomic mass is 9.96. The van der Waals surface area contributed by atoms with Crippen LogP contribution in [0, 0.1) is 13.8 Å². The molecule has 112 valence electrons. The number of nitrogens with zero attached hydrogens (tertiary/aromatic N) is 2. The molecule has 0 amide bonds. The van der Waals surface area contributed by atoms with Gasteiger partial charge < -0.3 is 5.32 Å². The van der Waals surface area contributed by atoms with Crippen molar-refractivity contribution in [3.05, 3.63) is 41.2 Å². The molecule has 1 N–H and O–H groups in total. The number of anilines is 1. The van der Waals surface area contributed by atoms with Crippen LogP contribution in [0.15, 0.2) is 34.2 Å². The van der Waals surface area contributed by atoms with E-state index < -0.39 is 0 Å². The summed E-state index contributed by atoms with van der Waals surface area (Å²) in [6, 6.07) is 8.50. The van der Waals surface area contributed by atoms with Crippen molar-refractivity contribution in [1.29, 1.82) is 0 Å². The molecule has 21 heavy (non-hydrogen) atoms. The van der Waals surface area contributed by atoms with Crippen LogP contribution < -0.4 is 5.32 Å². The normalized spacial score (nSPS) is 11.5. The monoisotopic (exact) mass is 301 g/mol. The molecule has 0 aliphatic rings. The molecule has 4 heteroatoms. The highest BCUT2D eigenvalue weighted by Gasteiger charge is 2.19. The second-order valence-corrected chi connectivity index (χ2v) is 7.35. The molecule has 0 radical (unpaired) electrons. The summed E-state index contributed by atoms with van der Waals surface area (Å²) in [7, 11) is 1.89. The van der Waals surface area contributed by atoms with Gasteiger partial charge in [0.15, 0.2) is 0 Å². The third-order valence-electron chi connectivity index (χ3n) is 3.19. The Balaban J connectivity index is 2.42. The number of aryl methyl sites for hydroxylation is 2. The fraction of sp³-hybridized carbons (Fsp3) is 0.412. The van der Waals surface area contributed by atoms with Crippen LogP contribution in [0.1, 0.15) is 37.7 Å². The van der Waals surface area contributed by atoms with Crippen molar-refractivity contribution in [2.45, 2.75) is 50.0 Å². The number of nitrogens with one attached hydrogen (secondary N) is 1. The van der Waals surface area contributed by atoms with Crippen LogP contribution >= 0.6 is 11.8 Å². The summed E-state index contributed by atoms with van der Waals surface area (Å²) in [5, 5.41) is 4.11. The van der Waals surface area contributed by atoms with Gasteiger partial charge in [0.25, 0.3) is 0 Å². The molecule has 2 aromatic rings. The second kappa shape index (κ2) is 6.06. The largest absolute Gasteiger partial charge is 0.373 e. The van der Waals surface area contributed by atoms with Crippen LogP contribution in [-0.2, 0) is 5.41 Å². The average molecular weight is 301 g/mol. The predicted molar refractivity (Wildman–Crippen MR) is 90.3 cm³/mol. The molecular formula is C17H23N3S. The minimum atomic E-state index is -0.0657. The van der Waals surface area contributed by atoms with Gasteiger partial charge in [0, 0.05) is 23.4 Å². The predicted octanol–water partition coefficient (Wildman–Crippen LogP) is 4.58. The Morgan fingerprint density at radius 3 is 2.38 bits per heavy atom. The van der Waals surface area contributed by atoms with Crippen molar-refractivity contribution in [3.8, 4) is 0 Å². The molecule has 1 aromatic carbocycles. The van der Waals surface area contributed by atoms with Crippen molar-refractivity contribution in [1.82, 2.24) is 9.97 Å². The zero-order chi connectivity index (χ0) is 15.6. The fourth-order valence-corrected chi connectivity index (χ4v) is 2.87. The molecule has 0 spiro atoms. The van der Waals surface area contributed by atoms with E-state index in [4.69, 9.17) is 4.98 Å². The molecule has 2 rings (SSSR count). The molecule has 0 saturated heterocycles. The summed E-state index contributed by atoms with van der Waals surface area (Å²) in [4.78, 5) is 10.5. The minimum absolute atomic E-state index is 0.0657. The third-order valence-corrected chi connectivity index (χ3v) is 4.27. The van der Waals surface area contributed by atoms with Crippen LogP contribution in [0.2, 0.25) is 0 Å². The van der Waals surface area contributed by atoms with Gasteiger partial charge in [-0.25, -0.2) is 9.97 Å². The van der Waals surface area contributed by atoms with Crippen LogP contribution in [0.5, 0.6) is 0 Å². The smallest absolute Gasteiger partial charge is 0.137 e. The molecule has 1 heterocycles. The van der Waals surface area contributed by atoms with E-state index in [0.29, 0.717) is 0 Å². The number of hydrogen-bond acceptors (Lipinski definition) is 4. The minimum Gasteiger partial charge on any atom is -0.373 e. The number of hydrogen-bond donors (Lipinski definition) is 1. The van der Waals surface area contributed by atoms with Crippen molar-refractivity contribution in [2.24, 2.45) is 0 Å². The Hall–Kier alpha value is -1.55. The zero-order valence-electron chi connectivity index (χ0n) is 13.6. The first-order valence-corrected chi connectivity index (χ1v) is 7.93. The molecule has 0 bridgehead atoms. The quantitative estimate of drug-likeness (QED) is 0.842. The molecule has 0 fully saturated rings. The first-order chi connectivity index (χ1) is 9.79. The van der Waals surface area contributed by atoms with Gasteiger partial charge in [-0.1, -0.05) is 44.7 Å². The van der Waals surface area contributed by atoms with Gasteiger partial charge in [-0.05, 0) is 31.0 Å². The van der Waals surface area contributed by atoms with Gasteiger partial charge in [-0.3, -0.25) is 0 Å². The molecule has 0 aliphatic carbocycles. The lowest BCUT2D eigenvalue weighted by Crippen LogP contribution is -2.17. The van der Waals surface area contributed by atoms with E-state index in [1.54, 1.807) is 11.8 Å². The number of aromatic nitrogens is 2. The van der Waals surface area contributed by atoms with E-state index in [9.17, 15) is 0 Å². The summed E-state index contributed by atoms with van der Waals surface area (Å²) in [6.45, 7) is 10.6. The third kappa shape index (κ3) is 3.97. The highest BCUT2D eigenvalue weighted by Crippen LogP contribution is 2.32. The average Bonchev–Trinajstić information content (AvgIpc) is 2.41. The van der Waals surface area contributed by atoms with E-state index >= 15 is 0 Å². The SMILES string of the molecule is CNc1cc(Sc2cc(C)ccc2C)nc(C(C)(C)C)n1. The molecule has 1 aromatic heterocycles. The maximum absolute atomic E-state index is 4.73. The van der Waals surface area contributed by atoms with Crippen LogP contribution in [0.3, 0.4) is 0 Å². The first-order valence-electron chi connectivity index (χ1n) is 7.12. The van der Waals surface area contributed by atoms with Gasteiger partial charge >= 0.3 is 0 Å². The lowest BCUT2D eigenvalue weighted by Gasteiger charge is -2.18. The Kier molecular flexibility index (Phi) is 4.57. The van der Waals surface area contributed by atoms with Crippen molar-refractivity contribution in [3.63, 3.8) is 0 Å². The highest BCUT2D eigenvalue weighted by molar-refractivity contribution is 7.99. The van der Waals surface area contributed by atoms with Crippen LogP contribution in [-0.4, -0.2) is 17.0 Å². The van der Waals surface area contributed by atoms with Gasteiger partial charge in [-0.2, -0.15) is 0 Å². The van der Waals surface area contributed by atoms with E-state index in [2.05, 4.69) is 63.1 Å². The van der Waals surface area contributed by atoms with Crippen molar-refractivity contribution >= 4 is 17.6 Å². The summed E-state index contributed by atoms with van der Waals surface area (Å²) < 4.78 is 0. The number of rotatable bonds is 3. The highest BCUT2D eigenvalue weighted by atomic mass is 32.2. The van der Waals surface area contributed by atoms with Crippen LogP contribution in [0.25, 0.3) is 0 Å². The number of benzene rings is 1. The van der Waals surface area contributed by atoms with Gasteiger partial charge in [-0.15, -0.1) is 0 Å². The fourth-order valence-electron chi connectivity index (χ4n) is 1.87. The van der Waals surface area contributed by atoms with Crippen LogP contribution in [0.4, 0.5) is 5.82 Å². The molecule has 0 aliphatic heterocycles. The lowest BCUT2D eigenvalue weighted by molar-refractivity contribution is 0.539. The standard InChI is InChI=1S/C17H23N3S/c1-11-7-8-12(2)13(9-11)21-15-10-14(18-6)19-16(20-15)17(3,4)5/h7-10H,1-6H3,(H,18,19,20). The summed E-state index contributed by atoms with van der Waals surface area (Å²) >= 11 is 1.70. The Labute approximate surface area is 131 Å². The topological polar surface area (TPSA) is 37.8 Å². The molecular weight excluding hydrogens is 278 g/mol. The van der Waals surface area contributed by atoms with E-state index in [1.807, 2.05) is 13.1 Å². The maximum Gasteiger partial charge on any atom is 0.137 e. The summed E-state index contributed by atoms with van der Waals surface area (Å²) in [6.07, 6.45) is 0. The first kappa shape index (κ1) is 15.8. The summed E-state index contributed by atoms with van der Waals surface area (Å²) in [5.41, 5.74) is 2.47. The van der Waals surface area contributed by atoms with E-state index in [1.165, 1.54) is 16.0 Å². The van der Waals surface area contributed by atoms with E-state index in [-0.39, 0.29) is 5.41 Å². The maximum atomic E-state index is 4.73. The Morgan fingerprint density at radius 1 is 1.05 bits per heavy atom. The molecule has 3 nitrogen and oxygen atoms in total. The summed E-state index contributed by atoms with van der Waals surface area (Å²) in [5.74, 6) is 1.73. The van der Waals surface area contributed by atoms with Crippen molar-refractivity contribution < 1.29 is 0 Å². The van der Waals surface area contributed by atoms with Gasteiger partial charge in [0.2, 0.25) is 0 Å². The van der Waals surface area contributed by atoms with Gasteiger partial charge in [0.05, 0.1) is 0 Å². The Bertz CT molecular complexity index is 645.